The van der Waals surface area contributed by atoms with E-state index in [9.17, 15) is 19.2 Å². The van der Waals surface area contributed by atoms with E-state index in [-0.39, 0.29) is 0 Å². The van der Waals surface area contributed by atoms with Gasteiger partial charge in [-0.15, -0.1) is 0 Å². The molecule has 0 rings (SSSR count). The number of unbranched alkanes of at least 4 members (excludes halogenated alkanes) is 2. The van der Waals surface area contributed by atoms with Crippen molar-refractivity contribution in [2.75, 3.05) is 0 Å². The average Bonchev–Trinajstić information content (AvgIpc) is 2.31. The minimum absolute atomic E-state index is 0.513. The van der Waals surface area contributed by atoms with Gasteiger partial charge in [-0.1, -0.05) is 13.2 Å². The monoisotopic (exact) mass is 244 g/mol. The van der Waals surface area contributed by atoms with Gasteiger partial charge in [-0.25, -0.2) is 9.59 Å². The second kappa shape index (κ2) is 19.4. The highest BCUT2D eigenvalue weighted by atomic mass is 16.4. The van der Waals surface area contributed by atoms with Crippen molar-refractivity contribution in [3.63, 3.8) is 0 Å². The predicted molar refractivity (Wildman–Crippen MR) is 61.6 cm³/mol. The average molecular weight is 244 g/mol. The van der Waals surface area contributed by atoms with Crippen molar-refractivity contribution < 1.29 is 29.4 Å². The lowest BCUT2D eigenvalue weighted by atomic mass is 10.3. The summed E-state index contributed by atoms with van der Waals surface area (Å²) in [5.41, 5.74) is 0. The summed E-state index contributed by atoms with van der Waals surface area (Å²) in [5, 5.41) is 15.2. The topological polar surface area (TPSA) is 109 Å². The van der Waals surface area contributed by atoms with Gasteiger partial charge < -0.3 is 19.8 Å². The highest BCUT2D eigenvalue weighted by Crippen LogP contribution is 1.85. The van der Waals surface area contributed by atoms with Crippen LogP contribution < -0.4 is 0 Å². The lowest BCUT2D eigenvalue weighted by Gasteiger charge is -1.78. The quantitative estimate of drug-likeness (QED) is 0.411. The molecule has 0 aromatic carbocycles. The third-order valence-electron chi connectivity index (χ3n) is 0.993. The van der Waals surface area contributed by atoms with Gasteiger partial charge in [0.25, 0.3) is 0 Å². The van der Waals surface area contributed by atoms with E-state index in [2.05, 4.69) is 13.2 Å². The van der Waals surface area contributed by atoms with E-state index in [1.807, 2.05) is 0 Å². The fraction of sp³-hybridized carbons (Fsp3) is 0.273. The number of hydrogen-bond donors (Lipinski definition) is 2. The predicted octanol–water partition coefficient (Wildman–Crippen LogP) is 1.07. The van der Waals surface area contributed by atoms with Crippen LogP contribution in [-0.4, -0.2) is 34.7 Å². The third kappa shape index (κ3) is 57.4. The fourth-order valence-electron chi connectivity index (χ4n) is 0.285. The van der Waals surface area contributed by atoms with E-state index in [1.54, 1.807) is 0 Å². The molecule has 2 N–H and O–H groups in total. The normalized spacial score (nSPS) is 7.06. The van der Waals surface area contributed by atoms with Gasteiger partial charge in [0.1, 0.15) is 12.6 Å². The van der Waals surface area contributed by atoms with Gasteiger partial charge in [0.2, 0.25) is 0 Å². The molecule has 0 spiro atoms. The molecule has 17 heavy (non-hydrogen) atoms. The zero-order chi connectivity index (χ0) is 14.1. The van der Waals surface area contributed by atoms with Gasteiger partial charge in [-0.05, 0) is 6.42 Å². The van der Waals surface area contributed by atoms with Gasteiger partial charge in [0.15, 0.2) is 0 Å². The molecule has 96 valence electrons. The molecule has 0 radical (unpaired) electrons. The van der Waals surface area contributed by atoms with Crippen LogP contribution in [0.3, 0.4) is 0 Å². The van der Waals surface area contributed by atoms with E-state index in [0.717, 1.165) is 24.7 Å². The van der Waals surface area contributed by atoms with E-state index in [1.165, 1.54) is 0 Å². The molecule has 0 amide bonds. The molecule has 0 bridgehead atoms. The Bertz CT molecular complexity index is 231. The van der Waals surface area contributed by atoms with Crippen LogP contribution in [0.25, 0.3) is 0 Å². The summed E-state index contributed by atoms with van der Waals surface area (Å²) in [6.45, 7) is 5.92. The van der Waals surface area contributed by atoms with E-state index in [0.29, 0.717) is 19.3 Å². The Labute approximate surface area is 99.3 Å². The first-order valence-corrected chi connectivity index (χ1v) is 4.54. The van der Waals surface area contributed by atoms with Crippen molar-refractivity contribution >= 4 is 24.5 Å². The number of hydrogen-bond acceptors (Lipinski definition) is 4. The second-order valence-corrected chi connectivity index (χ2v) is 2.35. The maximum atomic E-state index is 9.56. The summed E-state index contributed by atoms with van der Waals surface area (Å²) in [7, 11) is 0. The number of aldehydes is 2. The Morgan fingerprint density at radius 1 is 0.882 bits per heavy atom. The van der Waals surface area contributed by atoms with Crippen LogP contribution in [0, 0.1) is 0 Å². The first kappa shape index (κ1) is 20.2. The molecule has 0 saturated heterocycles. The summed E-state index contributed by atoms with van der Waals surface area (Å²) >= 11 is 0. The Kier molecular flexibility index (Phi) is 23.0. The molecule has 0 aliphatic carbocycles. The van der Waals surface area contributed by atoms with Crippen LogP contribution in [0.2, 0.25) is 0 Å². The lowest BCUT2D eigenvalue weighted by Crippen LogP contribution is -1.82. The van der Waals surface area contributed by atoms with Gasteiger partial charge in [-0.3, -0.25) is 0 Å². The minimum Gasteiger partial charge on any atom is -0.478 e. The number of carboxylic acids is 2. The Morgan fingerprint density at radius 2 is 1.12 bits per heavy atom. The first-order chi connectivity index (χ1) is 7.95. The Hall–Kier alpha value is -2.24. The standard InChI is InChI=1S/C5H8O2.2C3H4O2/c6-4-2-1-3-5-7;2*1-2-3(4)5/h4-5H,1-3H2;2*2H,1H2,(H,4,5). The highest BCUT2D eigenvalue weighted by Gasteiger charge is 1.80. The third-order valence-corrected chi connectivity index (χ3v) is 0.993. The minimum atomic E-state index is -0.981. The van der Waals surface area contributed by atoms with Crippen molar-refractivity contribution in [3.05, 3.63) is 25.3 Å². The molecule has 0 aromatic rings. The fourth-order valence-corrected chi connectivity index (χ4v) is 0.285. The Balaban J connectivity index is -0.000000177. The number of carboxylic acid groups (broad SMARTS) is 2. The number of rotatable bonds is 6. The van der Waals surface area contributed by atoms with E-state index < -0.39 is 11.9 Å². The van der Waals surface area contributed by atoms with Crippen molar-refractivity contribution in [1.29, 1.82) is 0 Å². The SMILES string of the molecule is C=CC(=O)O.C=CC(=O)O.O=CCCCC=O. The molecule has 0 fully saturated rings. The summed E-state index contributed by atoms with van der Waals surface area (Å²) in [6.07, 6.45) is 5.04. The van der Waals surface area contributed by atoms with Crippen molar-refractivity contribution in [3.8, 4) is 0 Å². The van der Waals surface area contributed by atoms with Gasteiger partial charge >= 0.3 is 11.9 Å². The van der Waals surface area contributed by atoms with Crippen molar-refractivity contribution in [1.82, 2.24) is 0 Å². The molecular weight excluding hydrogens is 228 g/mol. The van der Waals surface area contributed by atoms with Crippen molar-refractivity contribution in [2.24, 2.45) is 0 Å². The second-order valence-electron chi connectivity index (χ2n) is 2.35. The smallest absolute Gasteiger partial charge is 0.327 e. The van der Waals surface area contributed by atoms with Gasteiger partial charge in [0, 0.05) is 25.0 Å². The lowest BCUT2D eigenvalue weighted by molar-refractivity contribution is -0.132. The van der Waals surface area contributed by atoms with Crippen LogP contribution in [0.4, 0.5) is 0 Å². The molecule has 0 saturated carbocycles. The largest absolute Gasteiger partial charge is 0.478 e. The molecule has 0 atom stereocenters. The summed E-state index contributed by atoms with van der Waals surface area (Å²) < 4.78 is 0. The molecule has 6 heteroatoms. The maximum absolute atomic E-state index is 9.56. The zero-order valence-corrected chi connectivity index (χ0v) is 9.37. The maximum Gasteiger partial charge on any atom is 0.327 e. The number of carbonyl (C=O) groups is 4. The number of carbonyl (C=O) groups excluding carboxylic acids is 2. The number of aliphatic carboxylic acids is 2. The van der Waals surface area contributed by atoms with Crippen LogP contribution >= 0.6 is 0 Å². The summed E-state index contributed by atoms with van der Waals surface area (Å²) in [6, 6.07) is 0. The highest BCUT2D eigenvalue weighted by molar-refractivity contribution is 5.79. The van der Waals surface area contributed by atoms with Gasteiger partial charge in [-0.2, -0.15) is 0 Å². The van der Waals surface area contributed by atoms with Crippen LogP contribution in [0.15, 0.2) is 25.3 Å². The summed E-state index contributed by atoms with van der Waals surface area (Å²) in [4.78, 5) is 37.6. The molecule has 0 unspecified atom stereocenters. The van der Waals surface area contributed by atoms with E-state index >= 15 is 0 Å². The van der Waals surface area contributed by atoms with Crippen LogP contribution in [-0.2, 0) is 19.2 Å². The molecule has 6 nitrogen and oxygen atoms in total. The molecule has 0 aliphatic rings. The van der Waals surface area contributed by atoms with Crippen LogP contribution in [0.5, 0.6) is 0 Å². The molecule has 0 heterocycles. The Morgan fingerprint density at radius 3 is 1.24 bits per heavy atom. The van der Waals surface area contributed by atoms with Crippen LogP contribution in [0.1, 0.15) is 19.3 Å². The molecule has 0 aromatic heterocycles. The summed E-state index contributed by atoms with van der Waals surface area (Å²) in [5.74, 6) is -1.96. The van der Waals surface area contributed by atoms with Gasteiger partial charge in [0.05, 0.1) is 0 Å². The van der Waals surface area contributed by atoms with E-state index in [4.69, 9.17) is 10.2 Å². The van der Waals surface area contributed by atoms with Crippen molar-refractivity contribution in [2.45, 2.75) is 19.3 Å². The molecule has 0 aliphatic heterocycles. The zero-order valence-electron chi connectivity index (χ0n) is 9.37. The molecular formula is C11H16O6. The first-order valence-electron chi connectivity index (χ1n) is 4.54.